The number of carbonyl (C=O) groups is 2. The molecule has 0 spiro atoms. The summed E-state index contributed by atoms with van der Waals surface area (Å²) in [7, 11) is -0.511. The van der Waals surface area contributed by atoms with Gasteiger partial charge in [-0.25, -0.2) is 0 Å². The van der Waals surface area contributed by atoms with Gasteiger partial charge in [0.05, 0.1) is 23.6 Å². The Morgan fingerprint density at radius 2 is 1.73 bits per heavy atom. The molecular formula is C32H43BN2O5. The molecule has 6 atom stereocenters. The van der Waals surface area contributed by atoms with E-state index >= 15 is 0 Å². The van der Waals surface area contributed by atoms with E-state index in [-0.39, 0.29) is 47.7 Å². The number of benzene rings is 2. The molecule has 3 saturated carbocycles. The summed E-state index contributed by atoms with van der Waals surface area (Å²) in [5.41, 5.74) is 6.44. The molecule has 40 heavy (non-hydrogen) atoms. The van der Waals surface area contributed by atoms with Crippen LogP contribution in [0.2, 0.25) is 0 Å². The maximum Gasteiger partial charge on any atom is 0.481 e. The van der Waals surface area contributed by atoms with Crippen molar-refractivity contribution in [1.82, 2.24) is 5.32 Å². The van der Waals surface area contributed by atoms with E-state index in [1.807, 2.05) is 30.3 Å². The van der Waals surface area contributed by atoms with Crippen LogP contribution < -0.4 is 15.8 Å². The van der Waals surface area contributed by atoms with E-state index < -0.39 is 13.0 Å². The van der Waals surface area contributed by atoms with Crippen molar-refractivity contribution in [2.24, 2.45) is 34.8 Å². The molecule has 2 bridgehead atoms. The molecule has 1 amide bonds. The number of hydrogen-bond acceptors (Lipinski definition) is 6. The lowest BCUT2D eigenvalue weighted by Crippen LogP contribution is -2.65. The van der Waals surface area contributed by atoms with Crippen LogP contribution in [-0.4, -0.2) is 43.0 Å². The minimum absolute atomic E-state index is 0.0281. The Morgan fingerprint density at radius 3 is 2.35 bits per heavy atom. The minimum atomic E-state index is -0.645. The van der Waals surface area contributed by atoms with Gasteiger partial charge in [-0.2, -0.15) is 0 Å². The summed E-state index contributed by atoms with van der Waals surface area (Å²) in [6.45, 7) is 11.2. The van der Waals surface area contributed by atoms with Crippen LogP contribution in [0.25, 0.3) is 0 Å². The van der Waals surface area contributed by atoms with Crippen molar-refractivity contribution < 1.29 is 23.6 Å². The first-order valence-electron chi connectivity index (χ1n) is 14.7. The maximum absolute atomic E-state index is 13.4. The number of nitrogens with two attached hydrogens (primary N) is 1. The normalized spacial score (nSPS) is 27.9. The Kier molecular flexibility index (Phi) is 8.15. The zero-order valence-electron chi connectivity index (χ0n) is 24.4. The molecule has 8 heteroatoms. The minimum Gasteiger partial charge on any atom is -0.457 e. The fraction of sp³-hybridized carbons (Fsp3) is 0.562. The van der Waals surface area contributed by atoms with Gasteiger partial charge in [0.2, 0.25) is 5.91 Å². The Bertz CT molecular complexity index is 1200. The first-order chi connectivity index (χ1) is 19.0. The Balaban J connectivity index is 1.21. The molecule has 1 saturated heterocycles. The Hall–Kier alpha value is -2.68. The number of Topliss-reactive ketones (excluding diaryl/α,β-unsaturated/α-hetero) is 1. The number of ketones is 1. The largest absolute Gasteiger partial charge is 0.481 e. The van der Waals surface area contributed by atoms with E-state index in [1.54, 1.807) is 24.3 Å². The lowest BCUT2D eigenvalue weighted by atomic mass is 9.43. The molecule has 3 N–H and O–H groups in total. The monoisotopic (exact) mass is 546 g/mol. The van der Waals surface area contributed by atoms with Gasteiger partial charge in [-0.15, -0.1) is 0 Å². The van der Waals surface area contributed by atoms with E-state index in [2.05, 4.69) is 39.9 Å². The maximum atomic E-state index is 13.4. The highest BCUT2D eigenvalue weighted by Gasteiger charge is 2.68. The van der Waals surface area contributed by atoms with Gasteiger partial charge in [0.1, 0.15) is 11.5 Å². The van der Waals surface area contributed by atoms with Crippen molar-refractivity contribution >= 4 is 18.8 Å². The summed E-state index contributed by atoms with van der Waals surface area (Å²) >= 11 is 0. The fourth-order valence-electron chi connectivity index (χ4n) is 7.08. The van der Waals surface area contributed by atoms with Crippen LogP contribution in [0.5, 0.6) is 11.5 Å². The molecule has 0 unspecified atom stereocenters. The van der Waals surface area contributed by atoms with Crippen LogP contribution in [0.15, 0.2) is 54.6 Å². The van der Waals surface area contributed by atoms with E-state index in [4.69, 9.17) is 19.8 Å². The van der Waals surface area contributed by atoms with Gasteiger partial charge >= 0.3 is 7.12 Å². The standard InChI is InChI=1S/C32H43BN2O5/c1-20(2)15-29(33-39-28-18-23-17-27(31(23,3)4)32(28,5)40-33)35-30(37)22(19-34)16-26(36)21-11-13-25(14-12-21)38-24-9-7-6-8-10-24/h6-14,20,22-23,27-29H,15-19,34H2,1-5H3,(H,35,37)/t22-,23-,27-,28+,29-,32-/m0/s1. The highest BCUT2D eigenvalue weighted by Crippen LogP contribution is 2.65. The summed E-state index contributed by atoms with van der Waals surface area (Å²) in [6.07, 6.45) is 2.95. The molecule has 2 aromatic rings. The van der Waals surface area contributed by atoms with Crippen molar-refractivity contribution in [2.75, 3.05) is 6.54 Å². The molecule has 6 rings (SSSR count). The third-order valence-electron chi connectivity index (χ3n) is 9.59. The summed E-state index contributed by atoms with van der Waals surface area (Å²) in [6, 6.07) is 16.4. The molecule has 214 valence electrons. The van der Waals surface area contributed by atoms with Gasteiger partial charge in [0.25, 0.3) is 0 Å². The first-order valence-corrected chi connectivity index (χ1v) is 14.7. The van der Waals surface area contributed by atoms with Crippen molar-refractivity contribution in [3.63, 3.8) is 0 Å². The Labute approximate surface area is 238 Å². The van der Waals surface area contributed by atoms with E-state index in [9.17, 15) is 9.59 Å². The molecular weight excluding hydrogens is 503 g/mol. The van der Waals surface area contributed by atoms with E-state index in [1.165, 1.54) is 6.42 Å². The lowest BCUT2D eigenvalue weighted by molar-refractivity contribution is -0.199. The average molecular weight is 547 g/mol. The molecule has 1 aliphatic heterocycles. The van der Waals surface area contributed by atoms with Gasteiger partial charge in [-0.05, 0) is 85.8 Å². The second kappa shape index (κ2) is 11.3. The first kappa shape index (κ1) is 28.8. The highest BCUT2D eigenvalue weighted by atomic mass is 16.7. The predicted molar refractivity (Wildman–Crippen MR) is 156 cm³/mol. The number of ether oxygens (including phenoxy) is 1. The third kappa shape index (κ3) is 5.59. The van der Waals surface area contributed by atoms with Gasteiger partial charge in [-0.3, -0.25) is 9.59 Å². The van der Waals surface area contributed by atoms with Crippen molar-refractivity contribution in [1.29, 1.82) is 0 Å². The number of rotatable bonds is 11. The number of carbonyl (C=O) groups excluding carboxylic acids is 2. The lowest BCUT2D eigenvalue weighted by Gasteiger charge is -2.64. The molecule has 1 heterocycles. The molecule has 0 aromatic heterocycles. The zero-order chi connectivity index (χ0) is 28.7. The molecule has 0 radical (unpaired) electrons. The van der Waals surface area contributed by atoms with Gasteiger partial charge < -0.3 is 25.1 Å². The fourth-order valence-corrected chi connectivity index (χ4v) is 7.08. The number of hydrogen-bond donors (Lipinski definition) is 2. The van der Waals surface area contributed by atoms with E-state index in [0.717, 1.165) is 12.2 Å². The van der Waals surface area contributed by atoms with Crippen molar-refractivity contribution in [2.45, 2.75) is 77.9 Å². The Morgan fingerprint density at radius 1 is 1.05 bits per heavy atom. The van der Waals surface area contributed by atoms with Gasteiger partial charge in [-0.1, -0.05) is 45.9 Å². The SMILES string of the molecule is CC(C)C[C@H](NC(=O)[C@H](CN)CC(=O)c1ccc(Oc2ccccc2)cc1)B1O[C@@H]2C[C@@H]3C[C@@H](C3(C)C)[C@]2(C)O1. The molecule has 7 nitrogen and oxygen atoms in total. The summed E-state index contributed by atoms with van der Waals surface area (Å²) in [4.78, 5) is 26.5. The predicted octanol–water partition coefficient (Wildman–Crippen LogP) is 5.43. The number of para-hydroxylation sites is 1. The van der Waals surface area contributed by atoms with Crippen LogP contribution in [0.1, 0.15) is 70.7 Å². The second-order valence-corrected chi connectivity index (χ2v) is 13.1. The smallest absolute Gasteiger partial charge is 0.457 e. The van der Waals surface area contributed by atoms with Crippen LogP contribution in [0, 0.1) is 29.1 Å². The second-order valence-electron chi connectivity index (χ2n) is 13.1. The van der Waals surface area contributed by atoms with Crippen LogP contribution in [0.3, 0.4) is 0 Å². The van der Waals surface area contributed by atoms with Crippen LogP contribution >= 0.6 is 0 Å². The summed E-state index contributed by atoms with van der Waals surface area (Å²) in [5, 5.41) is 3.17. The quantitative estimate of drug-likeness (QED) is 0.288. The topological polar surface area (TPSA) is 99.9 Å². The van der Waals surface area contributed by atoms with Gasteiger partial charge in [0.15, 0.2) is 5.78 Å². The number of amides is 1. The highest BCUT2D eigenvalue weighted by molar-refractivity contribution is 6.47. The zero-order valence-corrected chi connectivity index (χ0v) is 24.4. The number of nitrogens with one attached hydrogen (secondary N) is 1. The van der Waals surface area contributed by atoms with Crippen LogP contribution in [0.4, 0.5) is 0 Å². The summed E-state index contributed by atoms with van der Waals surface area (Å²) in [5.74, 6) is 1.47. The molecule has 3 aliphatic carbocycles. The van der Waals surface area contributed by atoms with E-state index in [0.29, 0.717) is 35.5 Å². The third-order valence-corrected chi connectivity index (χ3v) is 9.59. The average Bonchev–Trinajstić information content (AvgIpc) is 3.29. The van der Waals surface area contributed by atoms with Gasteiger partial charge in [0, 0.05) is 18.5 Å². The van der Waals surface area contributed by atoms with Crippen molar-refractivity contribution in [3.8, 4) is 11.5 Å². The van der Waals surface area contributed by atoms with Crippen molar-refractivity contribution in [3.05, 3.63) is 60.2 Å². The van der Waals surface area contributed by atoms with Crippen LogP contribution in [-0.2, 0) is 14.1 Å². The summed E-state index contributed by atoms with van der Waals surface area (Å²) < 4.78 is 19.0. The molecule has 4 aliphatic rings. The molecule has 4 fully saturated rings. The molecule has 2 aromatic carbocycles.